The Bertz CT molecular complexity index is 263. The van der Waals surface area contributed by atoms with Crippen LogP contribution in [0.5, 0.6) is 0 Å². The van der Waals surface area contributed by atoms with E-state index in [9.17, 15) is 0 Å². The second kappa shape index (κ2) is 3.02. The fourth-order valence-electron chi connectivity index (χ4n) is 4.19. The quantitative estimate of drug-likeness (QED) is 0.636. The van der Waals surface area contributed by atoms with E-state index in [-0.39, 0.29) is 0 Å². The van der Waals surface area contributed by atoms with Crippen LogP contribution in [0.15, 0.2) is 0 Å². The monoisotopic (exact) mass is 208 g/mol. The van der Waals surface area contributed by atoms with Gasteiger partial charge in [0.2, 0.25) is 0 Å². The van der Waals surface area contributed by atoms with E-state index in [1.807, 2.05) is 0 Å². The Hall–Kier alpha value is 0. The lowest BCUT2D eigenvalue weighted by Crippen LogP contribution is -2.13. The lowest BCUT2D eigenvalue weighted by molar-refractivity contribution is 0.290. The van der Waals surface area contributed by atoms with Crippen LogP contribution in [0.1, 0.15) is 54.9 Å². The van der Waals surface area contributed by atoms with E-state index in [2.05, 4.69) is 48.5 Å². The number of hydrogen-bond acceptors (Lipinski definition) is 0. The lowest BCUT2D eigenvalue weighted by Gasteiger charge is -2.19. The van der Waals surface area contributed by atoms with Gasteiger partial charge in [-0.15, -0.1) is 0 Å². The van der Waals surface area contributed by atoms with Gasteiger partial charge in [-0.3, -0.25) is 0 Å². The molecule has 0 aromatic heterocycles. The molecule has 2 saturated carbocycles. The zero-order valence-electron chi connectivity index (χ0n) is 11.6. The van der Waals surface area contributed by atoms with E-state index in [1.165, 1.54) is 6.42 Å². The molecule has 0 bridgehead atoms. The summed E-state index contributed by atoms with van der Waals surface area (Å²) >= 11 is 0. The maximum Gasteiger partial charge on any atom is -0.0235 e. The minimum atomic E-state index is 0.622. The Morgan fingerprint density at radius 3 is 1.87 bits per heavy atom. The van der Waals surface area contributed by atoms with Crippen molar-refractivity contribution in [2.45, 2.75) is 54.9 Å². The highest BCUT2D eigenvalue weighted by molar-refractivity contribution is 5.19. The smallest absolute Gasteiger partial charge is 0.0235 e. The molecule has 15 heavy (non-hydrogen) atoms. The molecule has 0 spiro atoms. The van der Waals surface area contributed by atoms with Crippen molar-refractivity contribution in [3.8, 4) is 0 Å². The van der Waals surface area contributed by atoms with Gasteiger partial charge >= 0.3 is 0 Å². The third-order valence-corrected chi connectivity index (χ3v) is 6.07. The van der Waals surface area contributed by atoms with E-state index in [0.29, 0.717) is 10.8 Å². The molecular weight excluding hydrogens is 180 g/mol. The van der Waals surface area contributed by atoms with Crippen molar-refractivity contribution in [2.24, 2.45) is 40.4 Å². The van der Waals surface area contributed by atoms with Crippen LogP contribution < -0.4 is 0 Å². The maximum absolute atomic E-state index is 2.53. The van der Waals surface area contributed by atoms with Gasteiger partial charge in [-0.25, -0.2) is 0 Å². The first kappa shape index (κ1) is 11.5. The van der Waals surface area contributed by atoms with Gasteiger partial charge in [0.15, 0.2) is 0 Å². The molecule has 0 amide bonds. The first-order valence-corrected chi connectivity index (χ1v) is 6.72. The average molecular weight is 208 g/mol. The first-order chi connectivity index (χ1) is 6.72. The average Bonchev–Trinajstić information content (AvgIpc) is 2.87. The summed E-state index contributed by atoms with van der Waals surface area (Å²) in [6, 6.07) is 0. The zero-order valence-corrected chi connectivity index (χ0v) is 11.6. The van der Waals surface area contributed by atoms with Crippen molar-refractivity contribution in [2.75, 3.05) is 0 Å². The van der Waals surface area contributed by atoms with Crippen molar-refractivity contribution in [1.82, 2.24) is 0 Å². The SMILES string of the molecule is CC(C)C(C)C1C(C)C1C1(C)CC1(C)C. The highest BCUT2D eigenvalue weighted by Gasteiger charge is 2.70. The van der Waals surface area contributed by atoms with Crippen molar-refractivity contribution in [3.05, 3.63) is 0 Å². The van der Waals surface area contributed by atoms with Gasteiger partial charge in [0, 0.05) is 0 Å². The highest BCUT2D eigenvalue weighted by atomic mass is 14.7. The highest BCUT2D eigenvalue weighted by Crippen LogP contribution is 2.77. The van der Waals surface area contributed by atoms with Gasteiger partial charge < -0.3 is 0 Å². The Morgan fingerprint density at radius 2 is 1.53 bits per heavy atom. The van der Waals surface area contributed by atoms with Crippen molar-refractivity contribution in [3.63, 3.8) is 0 Å². The van der Waals surface area contributed by atoms with Crippen LogP contribution in [0.2, 0.25) is 0 Å². The van der Waals surface area contributed by atoms with Crippen LogP contribution in [0.25, 0.3) is 0 Å². The van der Waals surface area contributed by atoms with Gasteiger partial charge in [-0.05, 0) is 46.8 Å². The molecule has 5 unspecified atom stereocenters. The van der Waals surface area contributed by atoms with Crippen LogP contribution in [0, 0.1) is 40.4 Å². The van der Waals surface area contributed by atoms with Gasteiger partial charge in [-0.2, -0.15) is 0 Å². The van der Waals surface area contributed by atoms with Crippen LogP contribution in [0.3, 0.4) is 0 Å². The largest absolute Gasteiger partial charge is 0.0625 e. The Labute approximate surface area is 95.8 Å². The van der Waals surface area contributed by atoms with E-state index < -0.39 is 0 Å². The summed E-state index contributed by atoms with van der Waals surface area (Å²) in [5.74, 6) is 4.78. The molecule has 0 heterocycles. The predicted molar refractivity (Wildman–Crippen MR) is 66.7 cm³/mol. The molecule has 2 fully saturated rings. The van der Waals surface area contributed by atoms with Crippen LogP contribution >= 0.6 is 0 Å². The fourth-order valence-corrected chi connectivity index (χ4v) is 4.19. The van der Waals surface area contributed by atoms with E-state index >= 15 is 0 Å². The topological polar surface area (TPSA) is 0 Å². The van der Waals surface area contributed by atoms with E-state index in [4.69, 9.17) is 0 Å². The van der Waals surface area contributed by atoms with E-state index in [1.54, 1.807) is 0 Å². The van der Waals surface area contributed by atoms with Crippen LogP contribution in [-0.2, 0) is 0 Å². The second-order valence-electron chi connectivity index (χ2n) is 7.54. The Kier molecular flexibility index (Phi) is 2.31. The standard InChI is InChI=1S/C15H28/c1-9(2)10(3)12-11(4)13(12)15(7)8-14(15,5)6/h9-13H,8H2,1-7H3. The molecule has 0 radical (unpaired) electrons. The first-order valence-electron chi connectivity index (χ1n) is 6.72. The molecule has 0 N–H and O–H groups in total. The third-order valence-electron chi connectivity index (χ3n) is 6.07. The Balaban J connectivity index is 2.04. The zero-order chi connectivity index (χ0) is 11.6. The van der Waals surface area contributed by atoms with Crippen molar-refractivity contribution < 1.29 is 0 Å². The van der Waals surface area contributed by atoms with Gasteiger partial charge in [-0.1, -0.05) is 48.5 Å². The summed E-state index contributed by atoms with van der Waals surface area (Å²) < 4.78 is 0. The van der Waals surface area contributed by atoms with Crippen LogP contribution in [-0.4, -0.2) is 0 Å². The number of hydrogen-bond donors (Lipinski definition) is 0. The lowest BCUT2D eigenvalue weighted by atomic mass is 9.86. The molecule has 2 aliphatic rings. The summed E-state index contributed by atoms with van der Waals surface area (Å²) in [4.78, 5) is 0. The molecular formula is C15H28. The van der Waals surface area contributed by atoms with Gasteiger partial charge in [0.1, 0.15) is 0 Å². The van der Waals surface area contributed by atoms with E-state index in [0.717, 1.165) is 29.6 Å². The molecule has 0 aliphatic heterocycles. The molecule has 0 saturated heterocycles. The van der Waals surface area contributed by atoms with Gasteiger partial charge in [0.05, 0.1) is 0 Å². The molecule has 0 aromatic rings. The maximum atomic E-state index is 2.53. The summed E-state index contributed by atoms with van der Waals surface area (Å²) in [6.45, 7) is 17.1. The minimum Gasteiger partial charge on any atom is -0.0625 e. The molecule has 5 atom stereocenters. The van der Waals surface area contributed by atoms with Gasteiger partial charge in [0.25, 0.3) is 0 Å². The number of rotatable bonds is 3. The predicted octanol–water partition coefficient (Wildman–Crippen LogP) is 4.60. The summed E-state index contributed by atoms with van der Waals surface area (Å²) in [7, 11) is 0. The van der Waals surface area contributed by atoms with Crippen molar-refractivity contribution >= 4 is 0 Å². The molecule has 0 heteroatoms. The Morgan fingerprint density at radius 1 is 1.07 bits per heavy atom. The minimum absolute atomic E-state index is 0.622. The summed E-state index contributed by atoms with van der Waals surface area (Å²) in [5, 5.41) is 0. The summed E-state index contributed by atoms with van der Waals surface area (Å²) in [6.07, 6.45) is 1.45. The third kappa shape index (κ3) is 1.47. The van der Waals surface area contributed by atoms with Crippen molar-refractivity contribution in [1.29, 1.82) is 0 Å². The van der Waals surface area contributed by atoms with Crippen LogP contribution in [0.4, 0.5) is 0 Å². The molecule has 2 aliphatic carbocycles. The fraction of sp³-hybridized carbons (Fsp3) is 1.00. The normalized spacial score (nSPS) is 49.2. The second-order valence-corrected chi connectivity index (χ2v) is 7.54. The molecule has 0 aromatic carbocycles. The molecule has 88 valence electrons. The molecule has 2 rings (SSSR count). The molecule has 0 nitrogen and oxygen atoms in total. The summed E-state index contributed by atoms with van der Waals surface area (Å²) in [5.41, 5.74) is 1.29.